The second kappa shape index (κ2) is 15.8. The Morgan fingerprint density at radius 1 is 0.636 bits per heavy atom. The monoisotopic (exact) mass is 338 g/mol. The third-order valence-corrected chi connectivity index (χ3v) is 6.17. The van der Waals surface area contributed by atoms with Gasteiger partial charge in [-0.05, 0) is 48.7 Å². The highest BCUT2D eigenvalue weighted by molar-refractivity contribution is 7.99. The molecule has 126 valence electrons. The van der Waals surface area contributed by atoms with Crippen LogP contribution in [0.5, 0.6) is 0 Å². The average molecular weight is 339 g/mol. The molecule has 0 bridgehead atoms. The first-order chi connectivity index (χ1) is 10.9. The summed E-state index contributed by atoms with van der Waals surface area (Å²) in [5.74, 6) is 4.01. The Morgan fingerprint density at radius 3 is 1.77 bits per heavy atom. The summed E-state index contributed by atoms with van der Waals surface area (Å²) in [6.45, 7) is 2.27. The van der Waals surface area contributed by atoms with Crippen LogP contribution in [0.25, 0.3) is 0 Å². The first-order valence-corrected chi connectivity index (χ1v) is 11.3. The van der Waals surface area contributed by atoms with Crippen LogP contribution in [0, 0.1) is 0 Å². The molecule has 0 amide bonds. The summed E-state index contributed by atoms with van der Waals surface area (Å²) < 4.78 is 0. The lowest BCUT2D eigenvalue weighted by molar-refractivity contribution is 0.574. The molecular formula is C20H34S2. The van der Waals surface area contributed by atoms with Gasteiger partial charge in [0, 0.05) is 4.90 Å². The number of hydrogen-bond donors (Lipinski definition) is 0. The fourth-order valence-electron chi connectivity index (χ4n) is 2.50. The van der Waals surface area contributed by atoms with Gasteiger partial charge in [0.1, 0.15) is 0 Å². The third kappa shape index (κ3) is 12.5. The van der Waals surface area contributed by atoms with Gasteiger partial charge in [0.05, 0.1) is 0 Å². The average Bonchev–Trinajstić information content (AvgIpc) is 2.56. The topological polar surface area (TPSA) is 0 Å². The van der Waals surface area contributed by atoms with Crippen molar-refractivity contribution in [2.75, 3.05) is 17.3 Å². The predicted molar refractivity (Wildman–Crippen MR) is 106 cm³/mol. The van der Waals surface area contributed by atoms with E-state index in [4.69, 9.17) is 0 Å². The smallest absolute Gasteiger partial charge is 0.00719 e. The maximum Gasteiger partial charge on any atom is 0.00719 e. The summed E-state index contributed by atoms with van der Waals surface area (Å²) in [5.41, 5.74) is 0. The van der Waals surface area contributed by atoms with Gasteiger partial charge < -0.3 is 0 Å². The number of benzene rings is 1. The third-order valence-electron chi connectivity index (χ3n) is 3.79. The summed E-state index contributed by atoms with van der Waals surface area (Å²) in [5, 5.41) is 0. The molecule has 0 fully saturated rings. The van der Waals surface area contributed by atoms with Crippen molar-refractivity contribution >= 4 is 23.5 Å². The van der Waals surface area contributed by atoms with E-state index in [0.29, 0.717) is 0 Å². The van der Waals surface area contributed by atoms with E-state index in [1.807, 2.05) is 11.8 Å². The Balaban J connectivity index is 1.73. The molecule has 0 unspecified atom stereocenters. The van der Waals surface area contributed by atoms with Crippen LogP contribution >= 0.6 is 23.5 Å². The van der Waals surface area contributed by atoms with Gasteiger partial charge in [0.2, 0.25) is 0 Å². The first-order valence-electron chi connectivity index (χ1n) is 9.19. The van der Waals surface area contributed by atoms with Gasteiger partial charge in [-0.25, -0.2) is 0 Å². The van der Waals surface area contributed by atoms with Crippen molar-refractivity contribution < 1.29 is 0 Å². The number of thioether (sulfide) groups is 2. The lowest BCUT2D eigenvalue weighted by atomic mass is 10.1. The molecular weight excluding hydrogens is 304 g/mol. The Morgan fingerprint density at radius 2 is 1.18 bits per heavy atom. The normalized spacial score (nSPS) is 11.0. The number of unbranched alkanes of at least 4 members (excludes halogenated alkanes) is 8. The van der Waals surface area contributed by atoms with Crippen LogP contribution in [0.4, 0.5) is 0 Å². The Bertz CT molecular complexity index is 324. The molecule has 0 heterocycles. The second-order valence-corrected chi connectivity index (χ2v) is 8.35. The van der Waals surface area contributed by atoms with Crippen LogP contribution in [0.2, 0.25) is 0 Å². The standard InChI is InChI=1S/C20H34S2/c1-2-17-21-18-13-8-6-4-3-5-7-9-14-19-22-20-15-11-10-12-16-20/h10-12,15-16H,2-9,13-14,17-19H2,1H3. The molecule has 0 atom stereocenters. The van der Waals surface area contributed by atoms with Gasteiger partial charge in [-0.3, -0.25) is 0 Å². The lowest BCUT2D eigenvalue weighted by Crippen LogP contribution is -1.85. The quantitative estimate of drug-likeness (QED) is 0.241. The minimum Gasteiger partial charge on any atom is -0.162 e. The van der Waals surface area contributed by atoms with Crippen molar-refractivity contribution in [2.45, 2.75) is 76.0 Å². The van der Waals surface area contributed by atoms with Crippen molar-refractivity contribution in [2.24, 2.45) is 0 Å². The molecule has 0 nitrogen and oxygen atoms in total. The van der Waals surface area contributed by atoms with Gasteiger partial charge >= 0.3 is 0 Å². The first kappa shape index (κ1) is 20.0. The van der Waals surface area contributed by atoms with Gasteiger partial charge in [0.15, 0.2) is 0 Å². The van der Waals surface area contributed by atoms with E-state index < -0.39 is 0 Å². The van der Waals surface area contributed by atoms with Gasteiger partial charge in [-0.2, -0.15) is 11.8 Å². The fourth-order valence-corrected chi connectivity index (χ4v) is 4.33. The SMILES string of the molecule is CCCSCCCCCCCCCCCSc1ccccc1. The van der Waals surface area contributed by atoms with E-state index in [2.05, 4.69) is 49.0 Å². The molecule has 0 aromatic heterocycles. The molecule has 1 aromatic carbocycles. The molecule has 0 N–H and O–H groups in total. The van der Waals surface area contributed by atoms with E-state index in [9.17, 15) is 0 Å². The van der Waals surface area contributed by atoms with Crippen molar-refractivity contribution in [3.8, 4) is 0 Å². The predicted octanol–water partition coefficient (Wildman–Crippen LogP) is 7.43. The van der Waals surface area contributed by atoms with Gasteiger partial charge in [-0.1, -0.05) is 70.1 Å². The summed E-state index contributed by atoms with van der Waals surface area (Å²) in [6.07, 6.45) is 14.2. The molecule has 1 aromatic rings. The highest BCUT2D eigenvalue weighted by Gasteiger charge is 1.95. The molecule has 0 aliphatic heterocycles. The Labute approximate surface area is 147 Å². The van der Waals surface area contributed by atoms with Crippen molar-refractivity contribution in [3.05, 3.63) is 30.3 Å². The zero-order valence-corrected chi connectivity index (χ0v) is 16.0. The largest absolute Gasteiger partial charge is 0.162 e. The van der Waals surface area contributed by atoms with Crippen LogP contribution in [-0.2, 0) is 0 Å². The molecule has 0 aliphatic carbocycles. The lowest BCUT2D eigenvalue weighted by Gasteiger charge is -2.03. The summed E-state index contributed by atoms with van der Waals surface area (Å²) in [6, 6.07) is 10.8. The van der Waals surface area contributed by atoms with Crippen LogP contribution in [0.3, 0.4) is 0 Å². The van der Waals surface area contributed by atoms with Crippen LogP contribution in [0.1, 0.15) is 71.1 Å². The maximum absolute atomic E-state index is 2.27. The van der Waals surface area contributed by atoms with Crippen molar-refractivity contribution in [1.29, 1.82) is 0 Å². The van der Waals surface area contributed by atoms with E-state index in [1.165, 1.54) is 86.4 Å². The fraction of sp³-hybridized carbons (Fsp3) is 0.700. The summed E-state index contributed by atoms with van der Waals surface area (Å²) in [4.78, 5) is 1.42. The van der Waals surface area contributed by atoms with Crippen LogP contribution < -0.4 is 0 Å². The Hall–Kier alpha value is -0.0800. The molecule has 0 spiro atoms. The molecule has 0 saturated carbocycles. The maximum atomic E-state index is 2.27. The van der Waals surface area contributed by atoms with E-state index in [-0.39, 0.29) is 0 Å². The van der Waals surface area contributed by atoms with Crippen LogP contribution in [-0.4, -0.2) is 17.3 Å². The highest BCUT2D eigenvalue weighted by Crippen LogP contribution is 2.19. The van der Waals surface area contributed by atoms with Gasteiger partial charge in [0.25, 0.3) is 0 Å². The Kier molecular flexibility index (Phi) is 14.3. The van der Waals surface area contributed by atoms with E-state index in [1.54, 1.807) is 0 Å². The molecule has 22 heavy (non-hydrogen) atoms. The van der Waals surface area contributed by atoms with Gasteiger partial charge in [-0.15, -0.1) is 11.8 Å². The molecule has 0 aliphatic rings. The minimum atomic E-state index is 1.28. The summed E-state index contributed by atoms with van der Waals surface area (Å²) in [7, 11) is 0. The number of rotatable bonds is 15. The minimum absolute atomic E-state index is 1.28. The highest BCUT2D eigenvalue weighted by atomic mass is 32.2. The molecule has 1 rings (SSSR count). The molecule has 0 radical (unpaired) electrons. The van der Waals surface area contributed by atoms with E-state index >= 15 is 0 Å². The van der Waals surface area contributed by atoms with Crippen molar-refractivity contribution in [1.82, 2.24) is 0 Å². The van der Waals surface area contributed by atoms with Crippen LogP contribution in [0.15, 0.2) is 35.2 Å². The summed E-state index contributed by atoms with van der Waals surface area (Å²) >= 11 is 4.13. The zero-order valence-electron chi connectivity index (χ0n) is 14.4. The molecule has 0 saturated heterocycles. The number of hydrogen-bond acceptors (Lipinski definition) is 2. The van der Waals surface area contributed by atoms with Crippen molar-refractivity contribution in [3.63, 3.8) is 0 Å². The molecule has 2 heteroatoms. The zero-order chi connectivity index (χ0) is 15.7. The second-order valence-electron chi connectivity index (χ2n) is 5.96. The van der Waals surface area contributed by atoms with E-state index in [0.717, 1.165) is 0 Å².